The van der Waals surface area contributed by atoms with Gasteiger partial charge in [0, 0.05) is 44.6 Å². The van der Waals surface area contributed by atoms with Crippen molar-refractivity contribution in [2.24, 2.45) is 0 Å². The van der Waals surface area contributed by atoms with Gasteiger partial charge in [0.2, 0.25) is 0 Å². The van der Waals surface area contributed by atoms with E-state index >= 15 is 8.63 Å². The Morgan fingerprint density at radius 2 is 1.79 bits per heavy atom. The van der Waals surface area contributed by atoms with Crippen LogP contribution in [0.2, 0.25) is 0 Å². The third-order valence-corrected chi connectivity index (χ3v) is 8.08. The number of thiophene rings is 1. The van der Waals surface area contributed by atoms with Gasteiger partial charge in [0.25, 0.3) is 0 Å². The Labute approximate surface area is 177 Å². The summed E-state index contributed by atoms with van der Waals surface area (Å²) < 4.78 is 35.7. The highest BCUT2D eigenvalue weighted by Crippen LogP contribution is 2.48. The first-order chi connectivity index (χ1) is 13.2. The predicted molar refractivity (Wildman–Crippen MR) is 119 cm³/mol. The number of hydrogen-bond acceptors (Lipinski definition) is 1. The van der Waals surface area contributed by atoms with E-state index in [2.05, 4.69) is 21.3 Å². The lowest BCUT2D eigenvalue weighted by Gasteiger charge is -2.34. The van der Waals surface area contributed by atoms with E-state index in [1.54, 1.807) is 11.3 Å². The molecule has 4 heterocycles. The summed E-state index contributed by atoms with van der Waals surface area (Å²) >= 11 is 5.24. The van der Waals surface area contributed by atoms with E-state index in [0.29, 0.717) is 22.8 Å². The topological polar surface area (TPSA) is 7.94 Å². The minimum atomic E-state index is -3.95. The summed E-state index contributed by atoms with van der Waals surface area (Å²) in [5.74, 6) is 0. The van der Waals surface area contributed by atoms with Crippen molar-refractivity contribution >= 4 is 45.5 Å². The third kappa shape index (κ3) is 2.32. The molecular formula is C21H24BBrF2N2S. The van der Waals surface area contributed by atoms with Gasteiger partial charge in [-0.2, -0.15) is 11.3 Å². The van der Waals surface area contributed by atoms with Crippen molar-refractivity contribution in [3.05, 3.63) is 60.2 Å². The molecule has 0 unspecified atom stereocenters. The zero-order valence-corrected chi connectivity index (χ0v) is 19.5. The van der Waals surface area contributed by atoms with Gasteiger partial charge in [-0.05, 0) is 66.4 Å². The highest BCUT2D eigenvalue weighted by atomic mass is 79.9. The Balaban J connectivity index is 2.25. The van der Waals surface area contributed by atoms with Gasteiger partial charge in [0.1, 0.15) is 5.71 Å². The molecule has 2 aromatic heterocycles. The van der Waals surface area contributed by atoms with Gasteiger partial charge in [-0.25, -0.2) is 0 Å². The second kappa shape index (κ2) is 6.53. The molecule has 0 N–H and O–H groups in total. The van der Waals surface area contributed by atoms with E-state index in [0.717, 1.165) is 50.7 Å². The summed E-state index contributed by atoms with van der Waals surface area (Å²) in [5.41, 5.74) is 8.61. The van der Waals surface area contributed by atoms with Crippen LogP contribution in [0, 0.1) is 13.8 Å². The molecule has 0 spiro atoms. The zero-order valence-electron chi connectivity index (χ0n) is 17.1. The third-order valence-electron chi connectivity index (χ3n) is 6.38. The number of allylic oxidation sites excluding steroid dienone is 2. The lowest BCUT2D eigenvalue weighted by atomic mass is 9.84. The van der Waals surface area contributed by atoms with Crippen molar-refractivity contribution in [3.63, 3.8) is 0 Å². The predicted octanol–water partition coefficient (Wildman–Crippen LogP) is 6.70. The molecule has 2 nitrogen and oxygen atoms in total. The fraction of sp³-hybridized carbons (Fsp3) is 0.381. The van der Waals surface area contributed by atoms with Gasteiger partial charge in [0.15, 0.2) is 5.70 Å². The minimum absolute atomic E-state index is 0.675. The summed E-state index contributed by atoms with van der Waals surface area (Å²) in [6.45, 7) is 7.78. The molecule has 0 radical (unpaired) electrons. The highest BCUT2D eigenvalue weighted by Gasteiger charge is 2.56. The summed E-state index contributed by atoms with van der Waals surface area (Å²) in [6.07, 6.45) is 1.49. The Morgan fingerprint density at radius 3 is 2.32 bits per heavy atom. The number of aromatic nitrogens is 1. The average molecular weight is 465 g/mol. The van der Waals surface area contributed by atoms with Crippen LogP contribution in [0.4, 0.5) is 8.63 Å². The molecule has 7 heteroatoms. The SMILES string of the molecule is CCC1=C(C)C2=C(c3cscc3Br)c3c(C)c(CC)c(C)n3[B-](F)(F)[N+]2=C1C. The molecule has 0 saturated carbocycles. The summed E-state index contributed by atoms with van der Waals surface area (Å²) in [7, 11) is 0. The second-order valence-corrected chi connectivity index (χ2v) is 9.22. The summed E-state index contributed by atoms with van der Waals surface area (Å²) in [4.78, 5) is 0. The second-order valence-electron chi connectivity index (χ2n) is 7.62. The molecule has 0 aromatic carbocycles. The lowest BCUT2D eigenvalue weighted by molar-refractivity contribution is -0.363. The average Bonchev–Trinajstić information content (AvgIpc) is 3.24. The Morgan fingerprint density at radius 1 is 1.11 bits per heavy atom. The number of hydrogen-bond donors (Lipinski definition) is 0. The fourth-order valence-corrected chi connectivity index (χ4v) is 6.68. The van der Waals surface area contributed by atoms with Gasteiger partial charge in [-0.3, -0.25) is 0 Å². The fourth-order valence-electron chi connectivity index (χ4n) is 5.19. The molecule has 2 aliphatic rings. The van der Waals surface area contributed by atoms with Crippen molar-refractivity contribution in [2.75, 3.05) is 0 Å². The largest absolute Gasteiger partial charge is 0.737 e. The lowest BCUT2D eigenvalue weighted by Crippen LogP contribution is -2.51. The molecule has 28 heavy (non-hydrogen) atoms. The van der Waals surface area contributed by atoms with Crippen LogP contribution in [0.25, 0.3) is 5.57 Å². The zero-order chi connectivity index (χ0) is 20.5. The molecule has 0 amide bonds. The Bertz CT molecular complexity index is 1120. The number of nitrogens with zero attached hydrogens (tertiary/aromatic N) is 2. The van der Waals surface area contributed by atoms with Crippen LogP contribution >= 0.6 is 27.3 Å². The van der Waals surface area contributed by atoms with Crippen LogP contribution in [0.3, 0.4) is 0 Å². The summed E-state index contributed by atoms with van der Waals surface area (Å²) in [5, 5.41) is 4.08. The molecule has 2 aromatic rings. The van der Waals surface area contributed by atoms with Crippen LogP contribution < -0.4 is 0 Å². The molecule has 2 aliphatic heterocycles. The van der Waals surface area contributed by atoms with Gasteiger partial charge < -0.3 is 17.6 Å². The number of halogens is 3. The van der Waals surface area contributed by atoms with E-state index in [1.165, 1.54) is 8.96 Å². The van der Waals surface area contributed by atoms with Gasteiger partial charge in [0.05, 0.1) is 5.57 Å². The number of rotatable bonds is 3. The summed E-state index contributed by atoms with van der Waals surface area (Å²) in [6, 6.07) is 0. The maximum atomic E-state index is 16.1. The minimum Gasteiger partial charge on any atom is -0.393 e. The first-order valence-corrected chi connectivity index (χ1v) is 11.4. The number of fused-ring (bicyclic) bond motifs is 2. The van der Waals surface area contributed by atoms with Crippen molar-refractivity contribution < 1.29 is 13.1 Å². The van der Waals surface area contributed by atoms with Gasteiger partial charge >= 0.3 is 6.97 Å². The van der Waals surface area contributed by atoms with E-state index in [4.69, 9.17) is 0 Å². The van der Waals surface area contributed by atoms with Crippen LogP contribution in [-0.4, -0.2) is 21.6 Å². The van der Waals surface area contributed by atoms with Gasteiger partial charge in [-0.1, -0.05) is 13.8 Å². The quantitative estimate of drug-likeness (QED) is 0.446. The van der Waals surface area contributed by atoms with Crippen molar-refractivity contribution in [1.82, 2.24) is 4.48 Å². The molecule has 0 fully saturated rings. The molecule has 0 aliphatic carbocycles. The first-order valence-electron chi connectivity index (χ1n) is 9.71. The molecule has 0 atom stereocenters. The molecule has 0 saturated heterocycles. The van der Waals surface area contributed by atoms with Crippen LogP contribution in [-0.2, 0) is 6.42 Å². The standard InChI is InChI=1S/C21H24BBrF2N2S/c1-7-15-11(3)20-19(17-9-28-10-18(17)23)21-12(4)16(8-2)14(6)27(21)22(24,25)26(20)13(15)5/h9-10H,7-8H2,1-6H3. The maximum Gasteiger partial charge on any atom is 0.737 e. The highest BCUT2D eigenvalue weighted by molar-refractivity contribution is 9.10. The molecule has 148 valence electrons. The van der Waals surface area contributed by atoms with Crippen LogP contribution in [0.1, 0.15) is 62.2 Å². The smallest absolute Gasteiger partial charge is 0.393 e. The van der Waals surface area contributed by atoms with E-state index in [1.807, 2.05) is 46.9 Å². The monoisotopic (exact) mass is 464 g/mol. The normalized spacial score (nSPS) is 18.3. The molecular weight excluding hydrogens is 441 g/mol. The Hall–Kier alpha value is -1.47. The Kier molecular flexibility index (Phi) is 4.62. The molecule has 4 rings (SSSR count). The molecule has 0 bridgehead atoms. The van der Waals surface area contributed by atoms with Crippen LogP contribution in [0.5, 0.6) is 0 Å². The maximum absolute atomic E-state index is 16.1. The van der Waals surface area contributed by atoms with E-state index < -0.39 is 6.97 Å². The van der Waals surface area contributed by atoms with Crippen molar-refractivity contribution in [2.45, 2.75) is 54.4 Å². The van der Waals surface area contributed by atoms with Crippen LogP contribution in [0.15, 0.2) is 32.1 Å². The van der Waals surface area contributed by atoms with Crippen molar-refractivity contribution in [3.8, 4) is 0 Å². The van der Waals surface area contributed by atoms with E-state index in [9.17, 15) is 0 Å². The van der Waals surface area contributed by atoms with E-state index in [-0.39, 0.29) is 0 Å². The first kappa shape index (κ1) is 19.8. The van der Waals surface area contributed by atoms with Crippen molar-refractivity contribution in [1.29, 1.82) is 0 Å². The van der Waals surface area contributed by atoms with Gasteiger partial charge in [-0.15, -0.1) is 0 Å².